The molecule has 4 nitrogen and oxygen atoms in total. The average molecular weight is 253 g/mol. The van der Waals surface area contributed by atoms with E-state index < -0.39 is 6.10 Å². The zero-order valence-electron chi connectivity index (χ0n) is 11.6. The van der Waals surface area contributed by atoms with Crippen LogP contribution >= 0.6 is 0 Å². The maximum absolute atomic E-state index is 10.0. The molecule has 1 aromatic carbocycles. The van der Waals surface area contributed by atoms with Crippen LogP contribution in [0.1, 0.15) is 25.5 Å². The average Bonchev–Trinajstić information content (AvgIpc) is 2.38. The first-order valence-electron chi connectivity index (χ1n) is 6.06. The Bertz CT molecular complexity index is 349. The highest BCUT2D eigenvalue weighted by molar-refractivity contribution is 5.28. The van der Waals surface area contributed by atoms with Crippen LogP contribution in [0.3, 0.4) is 0 Å². The van der Waals surface area contributed by atoms with E-state index in [4.69, 9.17) is 9.47 Å². The molecule has 2 N–H and O–H groups in total. The number of ether oxygens (including phenoxy) is 2. The summed E-state index contributed by atoms with van der Waals surface area (Å²) in [5.41, 5.74) is 0.651. The molecule has 0 saturated carbocycles. The lowest BCUT2D eigenvalue weighted by Crippen LogP contribution is -2.38. The van der Waals surface area contributed by atoms with Gasteiger partial charge in [-0.05, 0) is 31.5 Å². The highest BCUT2D eigenvalue weighted by Crippen LogP contribution is 2.17. The van der Waals surface area contributed by atoms with E-state index in [0.29, 0.717) is 13.1 Å². The van der Waals surface area contributed by atoms with E-state index in [-0.39, 0.29) is 5.60 Å². The second kappa shape index (κ2) is 6.73. The standard InChI is InChI=1S/C14H23NO3/c1-14(2,18-4)10-15-9-13(16)11-5-7-12(17-3)8-6-11/h5-8,13,15-16H,9-10H2,1-4H3. The van der Waals surface area contributed by atoms with Crippen LogP contribution in [-0.4, -0.2) is 38.0 Å². The molecule has 0 bridgehead atoms. The Hall–Kier alpha value is -1.10. The highest BCUT2D eigenvalue weighted by atomic mass is 16.5. The number of nitrogens with one attached hydrogen (secondary N) is 1. The van der Waals surface area contributed by atoms with Crippen molar-refractivity contribution in [1.29, 1.82) is 0 Å². The van der Waals surface area contributed by atoms with Crippen molar-refractivity contribution < 1.29 is 14.6 Å². The predicted molar refractivity (Wildman–Crippen MR) is 71.9 cm³/mol. The third kappa shape index (κ3) is 4.64. The summed E-state index contributed by atoms with van der Waals surface area (Å²) in [7, 11) is 3.31. The minimum Gasteiger partial charge on any atom is -0.497 e. The molecule has 4 heteroatoms. The summed E-state index contributed by atoms with van der Waals surface area (Å²) in [4.78, 5) is 0. The minimum atomic E-state index is -0.524. The molecule has 1 unspecified atom stereocenters. The van der Waals surface area contributed by atoms with Crippen molar-refractivity contribution in [2.75, 3.05) is 27.3 Å². The molecule has 1 atom stereocenters. The van der Waals surface area contributed by atoms with Crippen molar-refractivity contribution in [3.05, 3.63) is 29.8 Å². The van der Waals surface area contributed by atoms with Crippen molar-refractivity contribution in [1.82, 2.24) is 5.32 Å². The van der Waals surface area contributed by atoms with Crippen LogP contribution in [0.4, 0.5) is 0 Å². The van der Waals surface area contributed by atoms with Crippen LogP contribution in [0.25, 0.3) is 0 Å². The maximum Gasteiger partial charge on any atom is 0.118 e. The molecule has 1 rings (SSSR count). The normalized spacial score (nSPS) is 13.4. The number of aliphatic hydroxyl groups is 1. The number of benzene rings is 1. The topological polar surface area (TPSA) is 50.7 Å². The summed E-state index contributed by atoms with van der Waals surface area (Å²) < 4.78 is 10.4. The number of hydrogen-bond donors (Lipinski definition) is 2. The third-order valence-corrected chi connectivity index (χ3v) is 2.94. The van der Waals surface area contributed by atoms with Gasteiger partial charge in [-0.1, -0.05) is 12.1 Å². The molecule has 0 amide bonds. The molecule has 18 heavy (non-hydrogen) atoms. The molecule has 0 saturated heterocycles. The highest BCUT2D eigenvalue weighted by Gasteiger charge is 2.16. The SMILES string of the molecule is COc1ccc(C(O)CNCC(C)(C)OC)cc1. The molecule has 1 aromatic rings. The minimum absolute atomic E-state index is 0.223. The monoisotopic (exact) mass is 253 g/mol. The lowest BCUT2D eigenvalue weighted by molar-refractivity contribution is 0.0207. The maximum atomic E-state index is 10.0. The van der Waals surface area contributed by atoms with Gasteiger partial charge in [0.1, 0.15) is 5.75 Å². The van der Waals surface area contributed by atoms with E-state index in [1.807, 2.05) is 38.1 Å². The Morgan fingerprint density at radius 2 is 1.83 bits per heavy atom. The summed E-state index contributed by atoms with van der Waals surface area (Å²) in [6.45, 7) is 5.19. The lowest BCUT2D eigenvalue weighted by Gasteiger charge is -2.24. The van der Waals surface area contributed by atoms with Crippen molar-refractivity contribution in [3.8, 4) is 5.75 Å². The summed E-state index contributed by atoms with van der Waals surface area (Å²) >= 11 is 0. The molecule has 0 aliphatic rings. The second-order valence-electron chi connectivity index (χ2n) is 4.88. The van der Waals surface area contributed by atoms with E-state index >= 15 is 0 Å². The van der Waals surface area contributed by atoms with Gasteiger partial charge in [0.25, 0.3) is 0 Å². The number of rotatable bonds is 7. The van der Waals surface area contributed by atoms with Crippen molar-refractivity contribution >= 4 is 0 Å². The Morgan fingerprint density at radius 1 is 1.22 bits per heavy atom. The van der Waals surface area contributed by atoms with Gasteiger partial charge < -0.3 is 19.9 Å². The first kappa shape index (κ1) is 15.0. The van der Waals surface area contributed by atoms with E-state index in [0.717, 1.165) is 11.3 Å². The summed E-state index contributed by atoms with van der Waals surface area (Å²) in [6.07, 6.45) is -0.524. The van der Waals surface area contributed by atoms with Crippen molar-refractivity contribution in [2.45, 2.75) is 25.6 Å². The first-order chi connectivity index (χ1) is 8.48. The quantitative estimate of drug-likeness (QED) is 0.777. The van der Waals surface area contributed by atoms with Gasteiger partial charge in [0.15, 0.2) is 0 Å². The van der Waals surface area contributed by atoms with E-state index in [1.54, 1.807) is 14.2 Å². The second-order valence-corrected chi connectivity index (χ2v) is 4.88. The van der Waals surface area contributed by atoms with Crippen LogP contribution in [0.5, 0.6) is 5.75 Å². The van der Waals surface area contributed by atoms with Gasteiger partial charge in [0, 0.05) is 20.2 Å². The first-order valence-corrected chi connectivity index (χ1v) is 6.06. The zero-order chi connectivity index (χ0) is 13.6. The van der Waals surface area contributed by atoms with Crippen LogP contribution in [-0.2, 0) is 4.74 Å². The fourth-order valence-corrected chi connectivity index (χ4v) is 1.53. The Morgan fingerprint density at radius 3 is 2.33 bits per heavy atom. The van der Waals surface area contributed by atoms with Gasteiger partial charge in [-0.25, -0.2) is 0 Å². The summed E-state index contributed by atoms with van der Waals surface area (Å²) in [5, 5.41) is 13.2. The van der Waals surface area contributed by atoms with Crippen molar-refractivity contribution in [2.24, 2.45) is 0 Å². The molecule has 0 fully saturated rings. The molecule has 0 spiro atoms. The number of hydrogen-bond acceptors (Lipinski definition) is 4. The van der Waals surface area contributed by atoms with Crippen LogP contribution in [0.15, 0.2) is 24.3 Å². The lowest BCUT2D eigenvalue weighted by atomic mass is 10.1. The molecule has 0 aliphatic carbocycles. The molecule has 102 valence electrons. The largest absolute Gasteiger partial charge is 0.497 e. The van der Waals surface area contributed by atoms with Crippen LogP contribution < -0.4 is 10.1 Å². The fraction of sp³-hybridized carbons (Fsp3) is 0.571. The predicted octanol–water partition coefficient (Wildman–Crippen LogP) is 1.74. The zero-order valence-corrected chi connectivity index (χ0v) is 11.6. The van der Waals surface area contributed by atoms with E-state index in [1.165, 1.54) is 0 Å². The van der Waals surface area contributed by atoms with Crippen molar-refractivity contribution in [3.63, 3.8) is 0 Å². The molecule has 0 aliphatic heterocycles. The van der Waals surface area contributed by atoms with Gasteiger partial charge in [-0.15, -0.1) is 0 Å². The molecular weight excluding hydrogens is 230 g/mol. The smallest absolute Gasteiger partial charge is 0.118 e. The molecular formula is C14H23NO3. The molecule has 0 aromatic heterocycles. The van der Waals surface area contributed by atoms with Gasteiger partial charge in [-0.2, -0.15) is 0 Å². The summed E-state index contributed by atoms with van der Waals surface area (Å²) in [5.74, 6) is 0.791. The molecule has 0 heterocycles. The third-order valence-electron chi connectivity index (χ3n) is 2.94. The van der Waals surface area contributed by atoms with Gasteiger partial charge in [0.2, 0.25) is 0 Å². The van der Waals surface area contributed by atoms with E-state index in [2.05, 4.69) is 5.32 Å². The molecule has 0 radical (unpaired) electrons. The Balaban J connectivity index is 2.42. The van der Waals surface area contributed by atoms with Crippen LogP contribution in [0, 0.1) is 0 Å². The van der Waals surface area contributed by atoms with Gasteiger partial charge in [-0.3, -0.25) is 0 Å². The summed E-state index contributed by atoms with van der Waals surface area (Å²) in [6, 6.07) is 7.43. The number of methoxy groups -OCH3 is 2. The Labute approximate surface area is 109 Å². The fourth-order valence-electron chi connectivity index (χ4n) is 1.53. The Kier molecular flexibility index (Phi) is 5.59. The van der Waals surface area contributed by atoms with Crippen LogP contribution in [0.2, 0.25) is 0 Å². The van der Waals surface area contributed by atoms with E-state index in [9.17, 15) is 5.11 Å². The van der Waals surface area contributed by atoms with Gasteiger partial charge in [0.05, 0.1) is 18.8 Å². The van der Waals surface area contributed by atoms with Gasteiger partial charge >= 0.3 is 0 Å². The number of aliphatic hydroxyl groups excluding tert-OH is 1.